The predicted molar refractivity (Wildman–Crippen MR) is 239 cm³/mol. The van der Waals surface area contributed by atoms with E-state index in [2.05, 4.69) is 4.98 Å². The molecule has 0 atom stereocenters. The van der Waals surface area contributed by atoms with Crippen molar-refractivity contribution in [3.05, 3.63) is 168 Å². The number of rotatable bonds is 8. The molecule has 57 heavy (non-hydrogen) atoms. The van der Waals surface area contributed by atoms with Crippen LogP contribution in [0.1, 0.15) is 99.0 Å². The van der Waals surface area contributed by atoms with Crippen LogP contribution < -0.4 is 0 Å². The Bertz CT molecular complexity index is 3300. The Balaban J connectivity index is 1.36. The van der Waals surface area contributed by atoms with E-state index in [-0.39, 0.29) is 17.0 Å². The first-order valence-corrected chi connectivity index (χ1v) is 18.9. The number of aromatic nitrogens is 3. The van der Waals surface area contributed by atoms with Crippen LogP contribution >= 0.6 is 0 Å². The van der Waals surface area contributed by atoms with Gasteiger partial charge in [-0.15, -0.1) is 0 Å². The summed E-state index contributed by atoms with van der Waals surface area (Å²) in [5, 5.41) is 11.3. The van der Waals surface area contributed by atoms with Gasteiger partial charge < -0.3 is 5.11 Å². The normalized spacial score (nSPS) is 15.5. The first kappa shape index (κ1) is 25.8. The molecule has 0 spiro atoms. The molecule has 4 nitrogen and oxygen atoms in total. The number of phenolic OH excluding ortho intramolecular Hbond substituents is 1. The molecule has 0 amide bonds. The number of benzene rings is 6. The summed E-state index contributed by atoms with van der Waals surface area (Å²) >= 11 is 0. The van der Waals surface area contributed by atoms with Crippen molar-refractivity contribution in [1.29, 1.82) is 0 Å². The Hall–Kier alpha value is -6.26. The van der Waals surface area contributed by atoms with E-state index in [0.717, 1.165) is 33.5 Å². The maximum Gasteiger partial charge on any atom is 0.149 e. The Morgan fingerprint density at radius 2 is 1.35 bits per heavy atom. The molecule has 0 unspecified atom stereocenters. The second-order valence-corrected chi connectivity index (χ2v) is 15.7. The number of para-hydroxylation sites is 2. The standard InChI is InChI=1S/C53H51N3O/c1-33(2)43-14-11-15-44(34(3)4)50(43)37-23-25-42(26-24-37)56-48-17-12-16-45(51(48)55-52(56)46-13-9-10-18-49(46)57)39-29-40(31-41(30-39)53(6,7)8)47-32-38(27-28-54-47)36-21-19-35(5)20-22-36/h9-34,57H,1-8H3/i5D3,19D,20D,21D,22D,27D,28D,32D,33D,34D. The van der Waals surface area contributed by atoms with Gasteiger partial charge in [0.05, 0.1) is 31.9 Å². The second-order valence-electron chi connectivity index (χ2n) is 15.7. The fourth-order valence-electron chi connectivity index (χ4n) is 7.28. The third-order valence-electron chi connectivity index (χ3n) is 10.2. The molecule has 0 bridgehead atoms. The van der Waals surface area contributed by atoms with Gasteiger partial charge in [0.2, 0.25) is 0 Å². The number of imidazole rings is 1. The Morgan fingerprint density at radius 1 is 0.684 bits per heavy atom. The summed E-state index contributed by atoms with van der Waals surface area (Å²) in [4.78, 5) is 9.65. The first-order chi connectivity index (χ1) is 32.1. The maximum absolute atomic E-state index is 11.3. The van der Waals surface area contributed by atoms with E-state index in [9.17, 15) is 6.48 Å². The van der Waals surface area contributed by atoms with Crippen molar-refractivity contribution in [2.45, 2.75) is 72.5 Å². The van der Waals surface area contributed by atoms with Gasteiger partial charge in [0, 0.05) is 29.8 Å². The minimum atomic E-state index is -2.97. The molecule has 0 radical (unpaired) electrons. The highest BCUT2D eigenvalue weighted by Gasteiger charge is 2.23. The number of aromatic hydroxyl groups is 1. The molecule has 8 rings (SSSR count). The number of nitrogens with zero attached hydrogens (tertiary/aromatic N) is 3. The molecule has 0 aliphatic rings. The lowest BCUT2D eigenvalue weighted by Gasteiger charge is -2.22. The van der Waals surface area contributed by atoms with Gasteiger partial charge in [0.25, 0.3) is 0 Å². The van der Waals surface area contributed by atoms with Crippen molar-refractivity contribution >= 4 is 11.0 Å². The zero-order valence-corrected chi connectivity index (χ0v) is 33.1. The van der Waals surface area contributed by atoms with Crippen molar-refractivity contribution in [3.63, 3.8) is 0 Å². The quantitative estimate of drug-likeness (QED) is 0.168. The topological polar surface area (TPSA) is 50.9 Å². The molecule has 6 aromatic carbocycles. The van der Waals surface area contributed by atoms with Crippen LogP contribution in [0, 0.1) is 6.85 Å². The summed E-state index contributed by atoms with van der Waals surface area (Å²) in [5.41, 5.74) is 6.07. The molecule has 0 aliphatic carbocycles. The highest BCUT2D eigenvalue weighted by atomic mass is 16.3. The van der Waals surface area contributed by atoms with Crippen molar-refractivity contribution < 1.29 is 21.6 Å². The summed E-state index contributed by atoms with van der Waals surface area (Å²) in [6.07, 6.45) is -0.582. The third kappa shape index (κ3) is 7.29. The summed E-state index contributed by atoms with van der Waals surface area (Å²) in [6, 6.07) is 27.8. The van der Waals surface area contributed by atoms with Crippen molar-refractivity contribution in [1.82, 2.24) is 14.5 Å². The molecule has 284 valence electrons. The number of hydrogen-bond donors (Lipinski definition) is 1. The van der Waals surface area contributed by atoms with Crippen LogP contribution in [0.2, 0.25) is 0 Å². The van der Waals surface area contributed by atoms with Crippen LogP contribution in [0.4, 0.5) is 0 Å². The molecule has 0 saturated carbocycles. The molecule has 0 saturated heterocycles. The van der Waals surface area contributed by atoms with Crippen LogP contribution in [0.25, 0.3) is 72.7 Å². The Kier molecular flexibility index (Phi) is 6.79. The summed E-state index contributed by atoms with van der Waals surface area (Å²) < 4.78 is 105. The van der Waals surface area contributed by atoms with Crippen LogP contribution in [-0.2, 0) is 5.41 Å². The van der Waals surface area contributed by atoms with Crippen molar-refractivity contribution in [2.24, 2.45) is 0 Å². The zero-order valence-electron chi connectivity index (χ0n) is 45.1. The fourth-order valence-corrected chi connectivity index (χ4v) is 7.28. The van der Waals surface area contributed by atoms with Crippen molar-refractivity contribution in [3.8, 4) is 67.5 Å². The predicted octanol–water partition coefficient (Wildman–Crippen LogP) is 14.3. The highest BCUT2D eigenvalue weighted by molar-refractivity contribution is 5.97. The average Bonchev–Trinajstić information content (AvgIpc) is 3.66. The van der Waals surface area contributed by atoms with E-state index in [1.165, 1.54) is 0 Å². The van der Waals surface area contributed by atoms with Gasteiger partial charge in [0.1, 0.15) is 11.6 Å². The molecule has 1 N–H and O–H groups in total. The molecule has 2 heterocycles. The largest absolute Gasteiger partial charge is 0.507 e. The molecule has 0 fully saturated rings. The van der Waals surface area contributed by atoms with Gasteiger partial charge in [-0.05, 0) is 123 Å². The molecule has 2 aromatic heterocycles. The highest BCUT2D eigenvalue weighted by Crippen LogP contribution is 2.41. The zero-order chi connectivity index (χ0) is 50.4. The van der Waals surface area contributed by atoms with E-state index in [0.29, 0.717) is 39.1 Å². The summed E-state index contributed by atoms with van der Waals surface area (Å²) in [6.45, 7) is 10.4. The first-order valence-electron chi connectivity index (χ1n) is 24.9. The molecule has 0 aliphatic heterocycles. The van der Waals surface area contributed by atoms with Gasteiger partial charge in [0.15, 0.2) is 0 Å². The summed E-state index contributed by atoms with van der Waals surface area (Å²) in [5.74, 6) is -1.44. The van der Waals surface area contributed by atoms with Gasteiger partial charge in [-0.1, -0.05) is 139 Å². The van der Waals surface area contributed by atoms with Crippen LogP contribution in [0.15, 0.2) is 146 Å². The SMILES string of the molecule is [2H]c1nc(-c2cc(-c3cccc4c3nc(-c3ccccc3O)n4-c3ccc(-c4c(C([2H])(C)C)cccc4C([2H])(C)C)cc3)cc(C(C)(C)C)c2)c([2H])c(-c2c([2H])c([2H])c(C([2H])([2H])[2H])c([2H])c2[2H])c1[2H]. The van der Waals surface area contributed by atoms with E-state index in [4.69, 9.17) is 20.1 Å². The van der Waals surface area contributed by atoms with E-state index in [1.807, 2.05) is 132 Å². The lowest BCUT2D eigenvalue weighted by Crippen LogP contribution is -2.11. The van der Waals surface area contributed by atoms with E-state index >= 15 is 0 Å². The number of hydrogen-bond acceptors (Lipinski definition) is 3. The molecular formula is C53H51N3O. The number of pyridine rings is 1. The number of phenols is 1. The summed E-state index contributed by atoms with van der Waals surface area (Å²) in [7, 11) is 0. The lowest BCUT2D eigenvalue weighted by atomic mass is 9.83. The maximum atomic E-state index is 11.3. The lowest BCUT2D eigenvalue weighted by molar-refractivity contribution is 0.477. The average molecular weight is 758 g/mol. The number of fused-ring (bicyclic) bond motifs is 1. The minimum absolute atomic E-state index is 0.0156. The van der Waals surface area contributed by atoms with Crippen LogP contribution in [0.5, 0.6) is 5.75 Å². The molecule has 8 aromatic rings. The fraction of sp³-hybridized carbons (Fsp3) is 0.208. The Morgan fingerprint density at radius 3 is 2.02 bits per heavy atom. The van der Waals surface area contributed by atoms with Crippen LogP contribution in [-0.4, -0.2) is 19.6 Å². The van der Waals surface area contributed by atoms with Gasteiger partial charge in [-0.2, -0.15) is 0 Å². The van der Waals surface area contributed by atoms with E-state index in [1.54, 1.807) is 24.3 Å². The van der Waals surface area contributed by atoms with Crippen molar-refractivity contribution in [2.75, 3.05) is 0 Å². The van der Waals surface area contributed by atoms with Gasteiger partial charge >= 0.3 is 0 Å². The van der Waals surface area contributed by atoms with Crippen LogP contribution in [0.3, 0.4) is 0 Å². The monoisotopic (exact) mass is 757 g/mol. The van der Waals surface area contributed by atoms with Gasteiger partial charge in [-0.3, -0.25) is 9.55 Å². The molecular weight excluding hydrogens is 695 g/mol. The smallest absolute Gasteiger partial charge is 0.149 e. The molecule has 4 heteroatoms. The second kappa shape index (κ2) is 15.0. The third-order valence-corrected chi connectivity index (χ3v) is 10.2. The van der Waals surface area contributed by atoms with E-state index < -0.39 is 77.6 Å². The minimum Gasteiger partial charge on any atom is -0.507 e. The van der Waals surface area contributed by atoms with Gasteiger partial charge in [-0.25, -0.2) is 4.98 Å². The Labute approximate surface area is 354 Å².